The van der Waals surface area contributed by atoms with E-state index in [1.807, 2.05) is 25.9 Å². The topological polar surface area (TPSA) is 40.5 Å². The van der Waals surface area contributed by atoms with Crippen LogP contribution in [0.15, 0.2) is 0 Å². The molecule has 0 saturated carbocycles. The van der Waals surface area contributed by atoms with Gasteiger partial charge < -0.3 is 5.11 Å². The molecule has 0 rings (SSSR count). The van der Waals surface area contributed by atoms with E-state index >= 15 is 0 Å². The first kappa shape index (κ1) is 25.4. The molecule has 1 N–H and O–H groups in total. The Balaban J connectivity index is 3.33. The van der Waals surface area contributed by atoms with Gasteiger partial charge in [-0.25, -0.2) is 0 Å². The monoisotopic (exact) mass is 369 g/mol. The van der Waals surface area contributed by atoms with Gasteiger partial charge in [0.25, 0.3) is 0 Å². The average molecular weight is 370 g/mol. The molecule has 3 heteroatoms. The molecule has 0 radical (unpaired) electrons. The highest BCUT2D eigenvalue weighted by Gasteiger charge is 2.34. The lowest BCUT2D eigenvalue weighted by Crippen LogP contribution is -2.48. The van der Waals surface area contributed by atoms with E-state index in [0.29, 0.717) is 0 Å². The molecule has 0 spiro atoms. The van der Waals surface area contributed by atoms with Gasteiger partial charge in [0.1, 0.15) is 5.54 Å². The summed E-state index contributed by atoms with van der Waals surface area (Å²) in [6, 6.07) is 0. The number of hydrogen-bond acceptors (Lipinski definition) is 2. The third-order valence-electron chi connectivity index (χ3n) is 5.96. The van der Waals surface area contributed by atoms with Crippen molar-refractivity contribution >= 4 is 5.97 Å². The summed E-state index contributed by atoms with van der Waals surface area (Å²) in [5.74, 6) is -0.705. The lowest BCUT2D eigenvalue weighted by atomic mass is 9.92. The van der Waals surface area contributed by atoms with Gasteiger partial charge in [0, 0.05) is 0 Å². The molecule has 26 heavy (non-hydrogen) atoms. The van der Waals surface area contributed by atoms with Gasteiger partial charge in [0.15, 0.2) is 0 Å². The van der Waals surface area contributed by atoms with Crippen molar-refractivity contribution in [3.05, 3.63) is 0 Å². The zero-order valence-electron chi connectivity index (χ0n) is 18.3. The smallest absolute Gasteiger partial charge is 0.323 e. The Morgan fingerprint density at radius 3 is 1.27 bits per heavy atom. The average Bonchev–Trinajstić information content (AvgIpc) is 2.60. The molecule has 0 heterocycles. The Hall–Kier alpha value is -0.570. The fraction of sp³-hybridized carbons (Fsp3) is 0.957. The third kappa shape index (κ3) is 12.7. The number of likely N-dealkylation sites (N-methyl/N-ethyl adjacent to an activating group) is 1. The minimum Gasteiger partial charge on any atom is -0.480 e. The van der Waals surface area contributed by atoms with Crippen LogP contribution in [0, 0.1) is 0 Å². The van der Waals surface area contributed by atoms with Crippen LogP contribution in [0.1, 0.15) is 123 Å². The molecule has 0 saturated heterocycles. The number of nitrogens with zero attached hydrogens (tertiary/aromatic N) is 1. The predicted molar refractivity (Wildman–Crippen MR) is 114 cm³/mol. The quantitative estimate of drug-likeness (QED) is 0.248. The summed E-state index contributed by atoms with van der Waals surface area (Å²) in [6.45, 7) is 4.11. The second-order valence-corrected chi connectivity index (χ2v) is 8.53. The van der Waals surface area contributed by atoms with Crippen molar-refractivity contribution in [1.82, 2.24) is 4.90 Å². The summed E-state index contributed by atoms with van der Waals surface area (Å²) in [4.78, 5) is 13.2. The van der Waals surface area contributed by atoms with E-state index in [-0.39, 0.29) is 0 Å². The van der Waals surface area contributed by atoms with Crippen molar-refractivity contribution in [1.29, 1.82) is 0 Å². The molecule has 156 valence electrons. The molecule has 0 aliphatic rings. The Morgan fingerprint density at radius 1 is 0.692 bits per heavy atom. The van der Waals surface area contributed by atoms with Crippen LogP contribution in [0.3, 0.4) is 0 Å². The summed E-state index contributed by atoms with van der Waals surface area (Å²) in [5.41, 5.74) is -0.712. The molecule has 3 nitrogen and oxygen atoms in total. The van der Waals surface area contributed by atoms with Gasteiger partial charge in [-0.05, 0) is 27.4 Å². The van der Waals surface area contributed by atoms with Crippen LogP contribution in [0.25, 0.3) is 0 Å². The minimum atomic E-state index is -0.712. The summed E-state index contributed by atoms with van der Waals surface area (Å²) < 4.78 is 0. The molecule has 1 atom stereocenters. The van der Waals surface area contributed by atoms with Crippen LogP contribution < -0.4 is 0 Å². The summed E-state index contributed by atoms with van der Waals surface area (Å²) in [5, 5.41) is 9.39. The Morgan fingerprint density at radius 2 is 1.00 bits per heavy atom. The zero-order chi connectivity index (χ0) is 19.7. The maximum atomic E-state index is 11.4. The molecule has 0 aliphatic carbocycles. The van der Waals surface area contributed by atoms with Crippen LogP contribution in [0.2, 0.25) is 0 Å². The highest BCUT2D eigenvalue weighted by molar-refractivity contribution is 5.78. The maximum Gasteiger partial charge on any atom is 0.323 e. The highest BCUT2D eigenvalue weighted by atomic mass is 16.4. The molecule has 0 aromatic heterocycles. The van der Waals surface area contributed by atoms with Gasteiger partial charge in [-0.2, -0.15) is 0 Å². The molecule has 0 aliphatic heterocycles. The van der Waals surface area contributed by atoms with E-state index in [4.69, 9.17) is 0 Å². The van der Waals surface area contributed by atoms with Crippen molar-refractivity contribution in [2.45, 2.75) is 129 Å². The van der Waals surface area contributed by atoms with Crippen LogP contribution in [-0.4, -0.2) is 35.6 Å². The number of hydrogen-bond donors (Lipinski definition) is 1. The summed E-state index contributed by atoms with van der Waals surface area (Å²) in [6.07, 6.45) is 22.4. The first-order chi connectivity index (χ1) is 12.4. The molecular formula is C23H47NO2. The van der Waals surface area contributed by atoms with Crippen LogP contribution in [0.4, 0.5) is 0 Å². The van der Waals surface area contributed by atoms with Crippen molar-refractivity contribution in [2.24, 2.45) is 0 Å². The second kappa shape index (κ2) is 16.6. The van der Waals surface area contributed by atoms with E-state index in [1.165, 1.54) is 89.9 Å². The van der Waals surface area contributed by atoms with Crippen molar-refractivity contribution in [2.75, 3.05) is 14.1 Å². The van der Waals surface area contributed by atoms with E-state index in [9.17, 15) is 9.90 Å². The van der Waals surface area contributed by atoms with Crippen molar-refractivity contribution in [3.8, 4) is 0 Å². The summed E-state index contributed by atoms with van der Waals surface area (Å²) >= 11 is 0. The van der Waals surface area contributed by atoms with Gasteiger partial charge in [0.05, 0.1) is 0 Å². The minimum absolute atomic E-state index is 0.705. The van der Waals surface area contributed by atoms with Crippen molar-refractivity contribution in [3.63, 3.8) is 0 Å². The van der Waals surface area contributed by atoms with Gasteiger partial charge >= 0.3 is 5.97 Å². The van der Waals surface area contributed by atoms with Gasteiger partial charge in [-0.15, -0.1) is 0 Å². The van der Waals surface area contributed by atoms with E-state index < -0.39 is 11.5 Å². The van der Waals surface area contributed by atoms with Gasteiger partial charge in [0.2, 0.25) is 0 Å². The summed E-state index contributed by atoms with van der Waals surface area (Å²) in [7, 11) is 3.72. The second-order valence-electron chi connectivity index (χ2n) is 8.53. The Kier molecular flexibility index (Phi) is 16.2. The predicted octanol–water partition coefficient (Wildman–Crippen LogP) is 7.04. The largest absolute Gasteiger partial charge is 0.480 e. The van der Waals surface area contributed by atoms with E-state index in [0.717, 1.165) is 19.3 Å². The standard InChI is InChI=1S/C23H47NO2/c1-5-6-7-8-9-10-11-12-13-14-15-16-17-18-19-20-21-23(2,22(25)26)24(3)4/h5-21H2,1-4H3,(H,25,26)/t23-/m1/s1. The maximum absolute atomic E-state index is 11.4. The van der Waals surface area contributed by atoms with Crippen LogP contribution >= 0.6 is 0 Å². The van der Waals surface area contributed by atoms with Gasteiger partial charge in [-0.3, -0.25) is 9.69 Å². The fourth-order valence-electron chi connectivity index (χ4n) is 3.54. The molecular weight excluding hydrogens is 322 g/mol. The number of unbranched alkanes of at least 4 members (excludes halogenated alkanes) is 15. The SMILES string of the molecule is CCCCCCCCCCCCCCCCCC[C@](C)(C(=O)O)N(C)C. The van der Waals surface area contributed by atoms with Crippen LogP contribution in [0.5, 0.6) is 0 Å². The molecule has 0 amide bonds. The number of carboxylic acids is 1. The van der Waals surface area contributed by atoms with Crippen LogP contribution in [-0.2, 0) is 4.79 Å². The zero-order valence-corrected chi connectivity index (χ0v) is 18.3. The number of rotatable bonds is 19. The molecule has 0 unspecified atom stereocenters. The van der Waals surface area contributed by atoms with Gasteiger partial charge in [-0.1, -0.05) is 110 Å². The fourth-order valence-corrected chi connectivity index (χ4v) is 3.54. The van der Waals surface area contributed by atoms with E-state index in [1.54, 1.807) is 0 Å². The molecule has 0 fully saturated rings. The first-order valence-corrected chi connectivity index (χ1v) is 11.4. The Bertz CT molecular complexity index is 330. The number of carboxylic acid groups (broad SMARTS) is 1. The third-order valence-corrected chi connectivity index (χ3v) is 5.96. The normalized spacial score (nSPS) is 13.9. The lowest BCUT2D eigenvalue weighted by molar-refractivity contribution is -0.149. The Labute approximate surface area is 163 Å². The number of aliphatic carboxylic acids is 1. The van der Waals surface area contributed by atoms with E-state index in [2.05, 4.69) is 6.92 Å². The first-order valence-electron chi connectivity index (χ1n) is 11.4. The number of carbonyl (C=O) groups is 1. The molecule has 0 aromatic carbocycles. The van der Waals surface area contributed by atoms with Crippen molar-refractivity contribution < 1.29 is 9.90 Å². The molecule has 0 bridgehead atoms. The highest BCUT2D eigenvalue weighted by Crippen LogP contribution is 2.21. The lowest BCUT2D eigenvalue weighted by Gasteiger charge is -2.32. The molecule has 0 aromatic rings.